The van der Waals surface area contributed by atoms with E-state index in [2.05, 4.69) is 50.4 Å². The van der Waals surface area contributed by atoms with Gasteiger partial charge in [0.2, 0.25) is 5.91 Å². The minimum atomic E-state index is -0.448. The Morgan fingerprint density at radius 2 is 1.62 bits per heavy atom. The fourth-order valence-corrected chi connectivity index (χ4v) is 9.89. The fraction of sp³-hybridized carbons (Fsp3) is 0.644. The number of piperidine rings is 3. The molecule has 1 saturated carbocycles. The first-order chi connectivity index (χ1) is 26.8. The number of nitrogens with zero attached hydrogens (tertiary/aromatic N) is 7. The highest BCUT2D eigenvalue weighted by molar-refractivity contribution is 5.93. The molecule has 11 nitrogen and oxygen atoms in total. The summed E-state index contributed by atoms with van der Waals surface area (Å²) in [5, 5.41) is 24.1. The Morgan fingerprint density at radius 3 is 2.29 bits per heavy atom. The van der Waals surface area contributed by atoms with Crippen molar-refractivity contribution in [2.45, 2.75) is 123 Å². The molecule has 1 aromatic carbocycles. The Hall–Kier alpha value is -4.30. The zero-order valence-electron chi connectivity index (χ0n) is 34.6. The molecule has 11 heteroatoms. The highest BCUT2D eigenvalue weighted by atomic mass is 16.6. The van der Waals surface area contributed by atoms with Crippen LogP contribution < -0.4 is 5.32 Å². The molecule has 4 aliphatic rings. The molecule has 3 aliphatic heterocycles. The number of pyridine rings is 1. The molecule has 3 saturated heterocycles. The highest BCUT2D eigenvalue weighted by Crippen LogP contribution is 2.47. The molecule has 300 valence electrons. The van der Waals surface area contributed by atoms with Crippen molar-refractivity contribution in [3.05, 3.63) is 58.5 Å². The lowest BCUT2D eigenvalue weighted by Crippen LogP contribution is -2.47. The van der Waals surface area contributed by atoms with Gasteiger partial charge in [-0.2, -0.15) is 10.4 Å². The van der Waals surface area contributed by atoms with Crippen LogP contribution in [0.5, 0.6) is 0 Å². The van der Waals surface area contributed by atoms with Crippen LogP contribution in [0.25, 0.3) is 10.8 Å². The third-order valence-electron chi connectivity index (χ3n) is 13.5. The van der Waals surface area contributed by atoms with Crippen molar-refractivity contribution in [2.24, 2.45) is 17.3 Å². The summed E-state index contributed by atoms with van der Waals surface area (Å²) in [6.45, 7) is 18.2. The molecule has 2 aromatic heterocycles. The number of aryl methyl sites for hydroxylation is 1. The lowest BCUT2D eigenvalue weighted by atomic mass is 9.65. The first-order valence-corrected chi connectivity index (χ1v) is 21.2. The molecule has 2 amide bonds. The number of hydrogen-bond donors (Lipinski definition) is 1. The maximum atomic E-state index is 13.8. The van der Waals surface area contributed by atoms with E-state index in [0.29, 0.717) is 22.7 Å². The van der Waals surface area contributed by atoms with Crippen LogP contribution in [0.3, 0.4) is 0 Å². The van der Waals surface area contributed by atoms with E-state index in [0.717, 1.165) is 124 Å². The standard InChI is InChI=1S/C45H62N8O3/c1-30-36(27-46)8-7-9-37(30)31(2)48-41-38-26-40(47-28-39(38)32(3)49-50-41)34-14-22-52(23-15-34)42(54)35-12-20-51(21-13-35)29-33-10-16-45(17-11-33)18-24-53(25-19-45)43(55)56-44(4,5)6/h7-9,26,28,31,33-35H,10-25,29H2,1-6H3,(H,48,50)/t31-/m1/s1. The molecule has 1 N–H and O–H groups in total. The van der Waals surface area contributed by atoms with Gasteiger partial charge in [0.25, 0.3) is 0 Å². The van der Waals surface area contributed by atoms with Crippen LogP contribution in [0.15, 0.2) is 30.5 Å². The van der Waals surface area contributed by atoms with E-state index >= 15 is 0 Å². The number of nitrogens with one attached hydrogen (secondary N) is 1. The summed E-state index contributed by atoms with van der Waals surface area (Å²) in [5.74, 6) is 2.20. The van der Waals surface area contributed by atoms with Crippen molar-refractivity contribution < 1.29 is 14.3 Å². The normalized spacial score (nSPS) is 20.9. The summed E-state index contributed by atoms with van der Waals surface area (Å²) >= 11 is 0. The predicted molar refractivity (Wildman–Crippen MR) is 219 cm³/mol. The average molecular weight is 763 g/mol. The van der Waals surface area contributed by atoms with Crippen LogP contribution >= 0.6 is 0 Å². The molecule has 1 aliphatic carbocycles. The Balaban J connectivity index is 0.867. The molecule has 7 rings (SSSR count). The van der Waals surface area contributed by atoms with Crippen molar-refractivity contribution in [3.8, 4) is 6.07 Å². The van der Waals surface area contributed by atoms with Crippen molar-refractivity contribution in [3.63, 3.8) is 0 Å². The second-order valence-electron chi connectivity index (χ2n) is 18.4. The van der Waals surface area contributed by atoms with Gasteiger partial charge < -0.3 is 24.8 Å². The first kappa shape index (κ1) is 39.9. The van der Waals surface area contributed by atoms with Gasteiger partial charge in [0.15, 0.2) is 5.82 Å². The maximum absolute atomic E-state index is 13.8. The van der Waals surface area contributed by atoms with Gasteiger partial charge in [-0.15, -0.1) is 5.10 Å². The SMILES string of the molecule is Cc1c(C#N)cccc1[C@@H](C)Nc1nnc(C)c2cnc(C3CCN(C(=O)C4CCN(CC5CCC6(CC5)CCN(C(=O)OC(C)(C)C)CC6)CC4)CC3)cc12. The summed E-state index contributed by atoms with van der Waals surface area (Å²) in [6, 6.07) is 10.2. The highest BCUT2D eigenvalue weighted by Gasteiger charge is 2.40. The summed E-state index contributed by atoms with van der Waals surface area (Å²) in [6.07, 6.45) is 12.8. The van der Waals surface area contributed by atoms with Crippen LogP contribution in [0.4, 0.5) is 10.6 Å². The molecule has 5 heterocycles. The number of fused-ring (bicyclic) bond motifs is 1. The Labute approximate surface area is 333 Å². The van der Waals surface area contributed by atoms with Crippen molar-refractivity contribution in [1.29, 1.82) is 5.26 Å². The number of aromatic nitrogens is 3. The van der Waals surface area contributed by atoms with Gasteiger partial charge in [-0.1, -0.05) is 12.1 Å². The predicted octanol–water partition coefficient (Wildman–Crippen LogP) is 8.31. The number of ether oxygens (including phenoxy) is 1. The molecular weight excluding hydrogens is 701 g/mol. The molecule has 4 fully saturated rings. The van der Waals surface area contributed by atoms with Crippen LogP contribution in [0.1, 0.15) is 132 Å². The van der Waals surface area contributed by atoms with E-state index in [1.165, 1.54) is 25.7 Å². The van der Waals surface area contributed by atoms with Gasteiger partial charge in [0, 0.05) is 67.2 Å². The Bertz CT molecular complexity index is 1920. The van der Waals surface area contributed by atoms with Gasteiger partial charge in [-0.3, -0.25) is 9.78 Å². The number of amides is 2. The van der Waals surface area contributed by atoms with Crippen LogP contribution in [-0.2, 0) is 9.53 Å². The van der Waals surface area contributed by atoms with Crippen LogP contribution in [0, 0.1) is 42.4 Å². The third kappa shape index (κ3) is 8.96. The molecule has 1 spiro atoms. The zero-order valence-corrected chi connectivity index (χ0v) is 34.6. The van der Waals surface area contributed by atoms with Gasteiger partial charge in [-0.05, 0) is 153 Å². The van der Waals surface area contributed by atoms with E-state index in [1.54, 1.807) is 0 Å². The molecule has 0 radical (unpaired) electrons. The second-order valence-corrected chi connectivity index (χ2v) is 18.4. The lowest BCUT2D eigenvalue weighted by molar-refractivity contribution is -0.138. The zero-order chi connectivity index (χ0) is 39.6. The molecular formula is C45H62N8O3. The number of anilines is 1. The molecule has 56 heavy (non-hydrogen) atoms. The number of carbonyl (C=O) groups is 2. The van der Waals surface area contributed by atoms with E-state index in [1.807, 2.05) is 57.8 Å². The largest absolute Gasteiger partial charge is 0.444 e. The topological polar surface area (TPSA) is 128 Å². The Kier molecular flexibility index (Phi) is 11.9. The number of rotatable bonds is 7. The maximum Gasteiger partial charge on any atom is 0.410 e. The van der Waals surface area contributed by atoms with Gasteiger partial charge in [-0.25, -0.2) is 4.79 Å². The van der Waals surface area contributed by atoms with E-state index in [-0.39, 0.29) is 24.0 Å². The number of benzene rings is 1. The number of carbonyl (C=O) groups excluding carboxylic acids is 2. The minimum Gasteiger partial charge on any atom is -0.444 e. The number of hydrogen-bond acceptors (Lipinski definition) is 9. The third-order valence-corrected chi connectivity index (χ3v) is 13.5. The number of nitriles is 1. The van der Waals surface area contributed by atoms with E-state index in [9.17, 15) is 14.9 Å². The van der Waals surface area contributed by atoms with Crippen LogP contribution in [0.2, 0.25) is 0 Å². The molecule has 0 bridgehead atoms. The van der Waals surface area contributed by atoms with E-state index in [4.69, 9.17) is 9.72 Å². The second kappa shape index (κ2) is 16.7. The van der Waals surface area contributed by atoms with Crippen molar-refractivity contribution in [1.82, 2.24) is 29.9 Å². The fourth-order valence-electron chi connectivity index (χ4n) is 9.89. The van der Waals surface area contributed by atoms with Gasteiger partial charge in [0.05, 0.1) is 23.4 Å². The summed E-state index contributed by atoms with van der Waals surface area (Å²) in [4.78, 5) is 37.9. The minimum absolute atomic E-state index is 0.0655. The lowest BCUT2D eigenvalue weighted by Gasteiger charge is -2.46. The van der Waals surface area contributed by atoms with Gasteiger partial charge in [0.1, 0.15) is 5.60 Å². The molecule has 3 aromatic rings. The smallest absolute Gasteiger partial charge is 0.410 e. The van der Waals surface area contributed by atoms with Crippen molar-refractivity contribution in [2.75, 3.05) is 51.1 Å². The van der Waals surface area contributed by atoms with Crippen LogP contribution in [-0.4, -0.2) is 93.3 Å². The number of likely N-dealkylation sites (tertiary alicyclic amines) is 3. The van der Waals surface area contributed by atoms with E-state index < -0.39 is 5.60 Å². The average Bonchev–Trinajstić information content (AvgIpc) is 3.19. The quantitative estimate of drug-likeness (QED) is 0.253. The summed E-state index contributed by atoms with van der Waals surface area (Å²) < 4.78 is 5.62. The van der Waals surface area contributed by atoms with Crippen molar-refractivity contribution >= 4 is 28.6 Å². The first-order valence-electron chi connectivity index (χ1n) is 21.2. The molecule has 0 unspecified atom stereocenters. The summed E-state index contributed by atoms with van der Waals surface area (Å²) in [7, 11) is 0. The Morgan fingerprint density at radius 1 is 0.929 bits per heavy atom. The van der Waals surface area contributed by atoms with Gasteiger partial charge >= 0.3 is 6.09 Å². The molecule has 1 atom stereocenters. The summed E-state index contributed by atoms with van der Waals surface area (Å²) in [5.41, 5.74) is 4.54. The monoisotopic (exact) mass is 762 g/mol.